The molecule has 6 N–H and O–H groups in total. The van der Waals surface area contributed by atoms with Gasteiger partial charge in [-0.2, -0.15) is 0 Å². The Morgan fingerprint density at radius 1 is 0.412 bits per heavy atom. The van der Waals surface area contributed by atoms with Gasteiger partial charge in [0.05, 0.1) is 57.4 Å². The fourth-order valence-electron chi connectivity index (χ4n) is 12.7. The summed E-state index contributed by atoms with van der Waals surface area (Å²) in [5.41, 5.74) is 3.95. The van der Waals surface area contributed by atoms with Crippen molar-refractivity contribution in [2.24, 2.45) is 59.2 Å². The van der Waals surface area contributed by atoms with Crippen LogP contribution in [0, 0.1) is 80.0 Å². The lowest BCUT2D eigenvalue weighted by molar-refractivity contribution is -0.145. The Balaban J connectivity index is 0. The van der Waals surface area contributed by atoms with Crippen molar-refractivity contribution >= 4 is 87.7 Å². The van der Waals surface area contributed by atoms with Gasteiger partial charge in [-0.05, 0) is 140 Å². The van der Waals surface area contributed by atoms with E-state index >= 15 is 0 Å². The third kappa shape index (κ3) is 57.4. The highest BCUT2D eigenvalue weighted by molar-refractivity contribution is 5.88. The molecule has 1 aromatic rings. The predicted octanol–water partition coefficient (Wildman–Crippen LogP) is 14.4. The van der Waals surface area contributed by atoms with Crippen molar-refractivity contribution in [2.75, 3.05) is 79.2 Å². The molecule has 1 aliphatic heterocycles. The van der Waals surface area contributed by atoms with Crippen LogP contribution in [0.1, 0.15) is 300 Å². The van der Waals surface area contributed by atoms with E-state index < -0.39 is 53.6 Å². The van der Waals surface area contributed by atoms with Crippen LogP contribution in [0.5, 0.6) is 11.5 Å². The van der Waals surface area contributed by atoms with E-state index in [1.807, 2.05) is 41.5 Å². The summed E-state index contributed by atoms with van der Waals surface area (Å²) in [6, 6.07) is -1.03. The Bertz CT molecular complexity index is 3260. The summed E-state index contributed by atoms with van der Waals surface area (Å²) >= 11 is 0. The number of hydrogen-bond donors (Lipinski definition) is 6. The van der Waals surface area contributed by atoms with E-state index in [2.05, 4.69) is 52.2 Å². The Labute approximate surface area is 709 Å². The predicted molar refractivity (Wildman–Crippen MR) is 454 cm³/mol. The molecule has 119 heavy (non-hydrogen) atoms. The molecule has 0 saturated heterocycles. The van der Waals surface area contributed by atoms with Crippen LogP contribution in [0.4, 0.5) is 0 Å². The fourth-order valence-corrected chi connectivity index (χ4v) is 12.7. The number of nitrogens with one attached hydrogen (secondary N) is 2. The number of fused-ring (bicyclic) bond motifs is 1. The molecule has 2 amide bonds. The molecular weight excluding hydrogens is 1540 g/mol. The number of hydrogen-bond acceptors (Lipinski definition) is 22. The van der Waals surface area contributed by atoms with E-state index in [-0.39, 0.29) is 204 Å². The Kier molecular flexibility index (Phi) is 62.2. The molecule has 28 heteroatoms. The lowest BCUT2D eigenvalue weighted by Gasteiger charge is -2.38. The maximum atomic E-state index is 12.8. The van der Waals surface area contributed by atoms with E-state index in [1.165, 1.54) is 72.1 Å². The van der Waals surface area contributed by atoms with Gasteiger partial charge >= 0.3 is 23.9 Å². The average Bonchev–Trinajstić information content (AvgIpc) is 0.759. The van der Waals surface area contributed by atoms with Crippen LogP contribution in [0.2, 0.25) is 0 Å². The first-order valence-corrected chi connectivity index (χ1v) is 43.2. The first-order valence-electron chi connectivity index (χ1n) is 43.2. The summed E-state index contributed by atoms with van der Waals surface area (Å²) < 4.78 is 39.3. The van der Waals surface area contributed by atoms with Crippen molar-refractivity contribution in [3.05, 3.63) is 22.3 Å². The first kappa shape index (κ1) is 114. The normalized spacial score (nSPS) is 14.4. The number of carboxylic acid groups (broad SMARTS) is 4. The fraction of sp³-hybridized carbons (Fsp3) is 0.769. The van der Waals surface area contributed by atoms with Crippen LogP contribution in [0.15, 0.2) is 0 Å². The summed E-state index contributed by atoms with van der Waals surface area (Å²) in [6.07, 6.45) is 16.4. The second kappa shape index (κ2) is 65.2. The van der Waals surface area contributed by atoms with E-state index in [0.29, 0.717) is 70.9 Å². The smallest absolute Gasteiger partial charge is 0.326 e. The Hall–Kier alpha value is -7.53. The monoisotopic (exact) mass is 1690 g/mol. The molecule has 0 radical (unpaired) electrons. The van der Waals surface area contributed by atoms with Gasteiger partial charge in [0.25, 0.3) is 0 Å². The molecule has 0 spiro atoms. The molecule has 0 bridgehead atoms. The largest absolute Gasteiger partial charge is 0.487 e. The van der Waals surface area contributed by atoms with Crippen molar-refractivity contribution in [1.29, 1.82) is 0 Å². The van der Waals surface area contributed by atoms with Crippen molar-refractivity contribution in [2.45, 2.75) is 317 Å². The standard InChI is InChI=1S/C40H66O6.C24H41NO10.C16H27NO6.C11H18O4/c1-26(2)14-11-15-28(5)16-12-17-29(6)18-13-22-40(10)23-21-35-32(9)37(30(7)31(8)38(35)46-40)45-25-34(41)24-33(39(43)44)19-20-36(42)27(3)4;1-18(2)22(28)17-35-14-11-32-9-4-5-21(27)16-34-13-12-33-10-8-25-23(29)7-6-20(24(30)31)15-19(3)26;1-11(2)15(20)8-10-23-9-4-5-13(19)6-7-14(16(21)22)17-12(3)18;1-7(2)10(13)5-4-9(11(14)15)6-8(3)12/h26-29,33H,11-25H2,1-10H3,(H,43,44);18,20H,4-17H2,1-3H3,(H,25,29)(H,30,31);11,14H,4-10H2,1-3H3,(H,17,18)(H,21,22);7,9H,4-6H2,1-3H3,(H,14,15)/t28-,29-,33-,40-;20-;14-;9-/m1101/s1. The van der Waals surface area contributed by atoms with Gasteiger partial charge < -0.3 is 73.8 Å². The number of rotatable bonds is 66. The molecular formula is C91H152N2O26. The van der Waals surface area contributed by atoms with Crippen molar-refractivity contribution in [1.82, 2.24) is 10.6 Å². The van der Waals surface area contributed by atoms with Gasteiger partial charge in [0.15, 0.2) is 17.3 Å². The van der Waals surface area contributed by atoms with Gasteiger partial charge in [-0.1, -0.05) is 128 Å². The molecule has 0 aromatic heterocycles. The van der Waals surface area contributed by atoms with Crippen molar-refractivity contribution < 1.29 is 126 Å². The number of aliphatic carboxylic acids is 4. The Morgan fingerprint density at radius 3 is 1.34 bits per heavy atom. The summed E-state index contributed by atoms with van der Waals surface area (Å²) in [7, 11) is 0. The zero-order valence-corrected chi connectivity index (χ0v) is 75.7. The molecule has 7 atom stereocenters. The molecule has 0 fully saturated rings. The number of ketones is 9. The molecule has 1 aromatic carbocycles. The van der Waals surface area contributed by atoms with Crippen molar-refractivity contribution in [3.63, 3.8) is 0 Å². The van der Waals surface area contributed by atoms with Crippen LogP contribution < -0.4 is 20.1 Å². The topological polar surface area (TPSA) is 426 Å². The number of carboxylic acids is 4. The number of carbonyl (C=O) groups is 15. The van der Waals surface area contributed by atoms with Gasteiger partial charge in [-0.3, -0.25) is 57.5 Å². The quantitative estimate of drug-likeness (QED) is 0.0330. The molecule has 0 unspecified atom stereocenters. The number of carbonyl (C=O) groups excluding carboxylic acids is 11. The highest BCUT2D eigenvalue weighted by Gasteiger charge is 2.35. The van der Waals surface area contributed by atoms with E-state index in [4.69, 9.17) is 48.5 Å². The van der Waals surface area contributed by atoms with E-state index in [1.54, 1.807) is 27.7 Å². The first-order chi connectivity index (χ1) is 55.7. The van der Waals surface area contributed by atoms with Crippen LogP contribution >= 0.6 is 0 Å². The number of ether oxygens (including phenoxy) is 7. The third-order valence-electron chi connectivity index (χ3n) is 20.8. The molecule has 2 rings (SSSR count). The van der Waals surface area contributed by atoms with Crippen LogP contribution in [-0.2, 0) is 102 Å². The number of amides is 2. The Morgan fingerprint density at radius 2 is 0.857 bits per heavy atom. The maximum Gasteiger partial charge on any atom is 0.326 e. The molecule has 28 nitrogen and oxygen atoms in total. The highest BCUT2D eigenvalue weighted by Crippen LogP contribution is 2.45. The van der Waals surface area contributed by atoms with E-state index in [0.717, 1.165) is 65.0 Å². The summed E-state index contributed by atoms with van der Waals surface area (Å²) in [6.45, 7) is 39.0. The van der Waals surface area contributed by atoms with Crippen LogP contribution in [-0.4, -0.2) is 199 Å². The van der Waals surface area contributed by atoms with Crippen molar-refractivity contribution in [3.8, 4) is 11.5 Å². The SMILES string of the molecule is CC(=O)C[C@@H](CCC(=O)C(C)C)C(=O)O.CC(=O)C[C@@H](CCC(=O)NCCOCCOCC(=O)CCCOCCOCC(=O)C(C)C)C(=O)O.CC(=O)N[C@@H](CCC(=O)CCCOCCC(=O)C(C)C)C(=O)O.Cc1c(C)c2c(c(C)c1OCC(=O)C[C@@H](CCC(=O)C(C)C)C(=O)O)CC[C@@](C)(CCC[C@H](C)CCC[C@H](C)CCCC(C)C)O2. The maximum absolute atomic E-state index is 12.8. The molecule has 0 aliphatic carbocycles. The summed E-state index contributed by atoms with van der Waals surface area (Å²) in [5.74, 6) is -4.15. The van der Waals surface area contributed by atoms with E-state index in [9.17, 15) is 77.0 Å². The number of benzene rings is 1. The van der Waals surface area contributed by atoms with Gasteiger partial charge in [0.1, 0.15) is 77.7 Å². The van der Waals surface area contributed by atoms with Gasteiger partial charge in [0.2, 0.25) is 11.8 Å². The minimum atomic E-state index is -1.15. The van der Waals surface area contributed by atoms with Gasteiger partial charge in [0, 0.05) is 120 Å². The third-order valence-corrected chi connectivity index (χ3v) is 20.8. The lowest BCUT2D eigenvalue weighted by atomic mass is 9.83. The summed E-state index contributed by atoms with van der Waals surface area (Å²) in [5, 5.41) is 41.3. The second-order valence-electron chi connectivity index (χ2n) is 33.9. The minimum absolute atomic E-state index is 0.00553. The summed E-state index contributed by atoms with van der Waals surface area (Å²) in [4.78, 5) is 171. The molecule has 1 heterocycles. The average molecular weight is 1690 g/mol. The molecule has 1 aliphatic rings. The lowest BCUT2D eigenvalue weighted by Crippen LogP contribution is -2.39. The van der Waals surface area contributed by atoms with Crippen LogP contribution in [0.25, 0.3) is 0 Å². The van der Waals surface area contributed by atoms with Gasteiger partial charge in [-0.25, -0.2) is 4.79 Å². The molecule has 682 valence electrons. The molecule has 0 saturated carbocycles. The highest BCUT2D eigenvalue weighted by atomic mass is 16.5. The minimum Gasteiger partial charge on any atom is -0.487 e. The second-order valence-corrected chi connectivity index (χ2v) is 33.9. The number of Topliss-reactive ketones (excluding diaryl/α,β-unsaturated/α-hetero) is 9. The zero-order chi connectivity index (χ0) is 90.9. The zero-order valence-electron chi connectivity index (χ0n) is 75.7. The van der Waals surface area contributed by atoms with Gasteiger partial charge in [-0.15, -0.1) is 0 Å². The van der Waals surface area contributed by atoms with Crippen LogP contribution in [0.3, 0.4) is 0 Å².